The van der Waals surface area contributed by atoms with E-state index in [1.54, 1.807) is 37.3 Å². The Labute approximate surface area is 386 Å². The molecule has 4 fully saturated rings. The quantitative estimate of drug-likeness (QED) is 0.165. The molecule has 4 N–H and O–H groups in total. The summed E-state index contributed by atoms with van der Waals surface area (Å²) in [7, 11) is -3.76. The van der Waals surface area contributed by atoms with Crippen LogP contribution in [0.15, 0.2) is 48.7 Å². The number of nitrogens with one attached hydrogen (secondary N) is 2. The fourth-order valence-electron chi connectivity index (χ4n) is 10.1. The number of benzene rings is 2. The standard InChI is InChI=1S/C46H53FN10O7S2/c1-4-22-66(63,64)53-33-7-5-6-31(37(33)47)38-39(34-12-17-49-45(48)50-34)65-44(52-38)46(2,3)27-13-18-55(19-14-27)41(60)26-24-56(25-26)28-15-20-54(21-16-28)29-8-9-30-32(23-29)43(62)57(42(30)61)35-10-11-36(58)51-40(35)59/h5-9,12,17,23,26-28,35,53H,4,10-11,13-16,18-22,24-25H2,1-3H3,(H2,48,49,50)(H,51,58,59)/t35-/m1/s1. The Morgan fingerprint density at radius 1 is 0.939 bits per heavy atom. The number of aromatic nitrogens is 3. The van der Waals surface area contributed by atoms with Crippen molar-refractivity contribution in [2.24, 2.45) is 11.8 Å². The van der Waals surface area contributed by atoms with E-state index in [-0.39, 0.29) is 64.7 Å². The zero-order chi connectivity index (χ0) is 46.7. The highest BCUT2D eigenvalue weighted by Gasteiger charge is 2.46. The van der Waals surface area contributed by atoms with Gasteiger partial charge in [-0.3, -0.25) is 43.8 Å². The van der Waals surface area contributed by atoms with E-state index < -0.39 is 50.9 Å². The number of carbonyl (C=O) groups is 5. The van der Waals surface area contributed by atoms with E-state index in [9.17, 15) is 32.4 Å². The number of halogens is 1. The summed E-state index contributed by atoms with van der Waals surface area (Å²) in [5, 5.41) is 3.00. The molecule has 0 unspecified atom stereocenters. The fourth-order valence-corrected chi connectivity index (χ4v) is 12.5. The number of imide groups is 2. The molecule has 9 rings (SSSR count). The molecule has 0 aliphatic carbocycles. The van der Waals surface area contributed by atoms with Gasteiger partial charge in [0.05, 0.1) is 49.8 Å². The van der Waals surface area contributed by atoms with Crippen molar-refractivity contribution in [1.82, 2.24) is 35.0 Å². The van der Waals surface area contributed by atoms with Crippen LogP contribution in [-0.4, -0.2) is 125 Å². The highest BCUT2D eigenvalue weighted by Crippen LogP contribution is 2.46. The summed E-state index contributed by atoms with van der Waals surface area (Å²) in [6, 6.07) is 10.8. The van der Waals surface area contributed by atoms with Gasteiger partial charge < -0.3 is 15.5 Å². The Morgan fingerprint density at radius 2 is 1.67 bits per heavy atom. The van der Waals surface area contributed by atoms with Crippen LogP contribution in [0.2, 0.25) is 0 Å². The second kappa shape index (κ2) is 17.7. The summed E-state index contributed by atoms with van der Waals surface area (Å²) in [6.07, 6.45) is 5.38. The first-order valence-corrected chi connectivity index (χ1v) is 25.0. The third-order valence-corrected chi connectivity index (χ3v) is 16.8. The number of nitrogens with zero attached hydrogens (tertiary/aromatic N) is 7. The SMILES string of the molecule is CCCS(=O)(=O)Nc1cccc(-c2nc(C(C)(C)C3CCN(C(=O)C4CN(C5CCN(c6ccc7c(c6)C(=O)N([C@@H]6CCC(=O)NC6=O)C7=O)CC5)C4)CC3)sc2-c2ccnc(N)n2)c1F. The third-order valence-electron chi connectivity index (χ3n) is 13.9. The van der Waals surface area contributed by atoms with Gasteiger partial charge in [0.2, 0.25) is 33.7 Å². The molecule has 2 aromatic carbocycles. The Kier molecular flexibility index (Phi) is 12.2. The van der Waals surface area contributed by atoms with Gasteiger partial charge in [-0.1, -0.05) is 26.8 Å². The van der Waals surface area contributed by atoms with E-state index in [1.807, 2.05) is 11.0 Å². The molecule has 1 atom stereocenters. The number of nitrogens with two attached hydrogens (primary N) is 1. The van der Waals surface area contributed by atoms with Gasteiger partial charge in [-0.15, -0.1) is 11.3 Å². The lowest BCUT2D eigenvalue weighted by atomic mass is 9.74. The molecular formula is C46H53FN10O7S2. The predicted octanol–water partition coefficient (Wildman–Crippen LogP) is 4.66. The Hall–Kier alpha value is -5.86. The number of rotatable bonds is 12. The van der Waals surface area contributed by atoms with Gasteiger partial charge in [0.1, 0.15) is 6.04 Å². The van der Waals surface area contributed by atoms with E-state index in [2.05, 4.69) is 43.7 Å². The lowest BCUT2D eigenvalue weighted by molar-refractivity contribution is -0.144. The zero-order valence-corrected chi connectivity index (χ0v) is 38.7. The first-order chi connectivity index (χ1) is 31.5. The van der Waals surface area contributed by atoms with Crippen molar-refractivity contribution >= 4 is 68.2 Å². The first-order valence-electron chi connectivity index (χ1n) is 22.6. The number of piperidine rings is 3. The highest BCUT2D eigenvalue weighted by molar-refractivity contribution is 7.92. The second-order valence-electron chi connectivity index (χ2n) is 18.5. The lowest BCUT2D eigenvalue weighted by Crippen LogP contribution is -2.60. The van der Waals surface area contributed by atoms with Crippen LogP contribution in [0.25, 0.3) is 21.8 Å². The third kappa shape index (κ3) is 8.53. The summed E-state index contributed by atoms with van der Waals surface area (Å²) in [6.45, 7) is 10.1. The molecule has 5 amide bonds. The number of fused-ring (bicyclic) bond motifs is 1. The lowest BCUT2D eigenvalue weighted by Gasteiger charge is -2.48. The molecule has 20 heteroatoms. The molecule has 0 spiro atoms. The number of nitrogen functional groups attached to an aromatic ring is 1. The largest absolute Gasteiger partial charge is 0.371 e. The van der Waals surface area contributed by atoms with Crippen LogP contribution in [0.3, 0.4) is 0 Å². The number of anilines is 3. The van der Waals surface area contributed by atoms with Gasteiger partial charge in [-0.2, -0.15) is 0 Å². The van der Waals surface area contributed by atoms with Gasteiger partial charge in [-0.05, 0) is 80.8 Å². The topological polar surface area (TPSA) is 221 Å². The van der Waals surface area contributed by atoms with Gasteiger partial charge in [0.15, 0.2) is 5.82 Å². The number of hydrogen-bond acceptors (Lipinski definition) is 14. The van der Waals surface area contributed by atoms with Crippen LogP contribution in [0.5, 0.6) is 0 Å². The van der Waals surface area contributed by atoms with Crippen LogP contribution >= 0.6 is 11.3 Å². The van der Waals surface area contributed by atoms with Gasteiger partial charge in [-0.25, -0.2) is 27.8 Å². The van der Waals surface area contributed by atoms with Crippen molar-refractivity contribution in [3.63, 3.8) is 0 Å². The Bertz CT molecular complexity index is 2730. The van der Waals surface area contributed by atoms with Crippen LogP contribution in [0.4, 0.5) is 21.7 Å². The maximum atomic E-state index is 16.2. The first kappa shape index (κ1) is 45.3. The van der Waals surface area contributed by atoms with Crippen molar-refractivity contribution in [3.05, 3.63) is 70.6 Å². The van der Waals surface area contributed by atoms with E-state index in [0.717, 1.165) is 54.4 Å². The van der Waals surface area contributed by atoms with Crippen LogP contribution in [0, 0.1) is 17.7 Å². The molecule has 0 radical (unpaired) electrons. The smallest absolute Gasteiger partial charge is 0.262 e. The number of sulfonamides is 1. The number of hydrogen-bond donors (Lipinski definition) is 3. The fraction of sp³-hybridized carbons (Fsp3) is 0.478. The van der Waals surface area contributed by atoms with E-state index >= 15 is 4.39 Å². The molecule has 2 aromatic heterocycles. The van der Waals surface area contributed by atoms with Crippen molar-refractivity contribution in [2.75, 3.05) is 60.4 Å². The maximum absolute atomic E-state index is 16.2. The maximum Gasteiger partial charge on any atom is 0.262 e. The van der Waals surface area contributed by atoms with Crippen LogP contribution in [-0.2, 0) is 29.8 Å². The van der Waals surface area contributed by atoms with Crippen molar-refractivity contribution in [2.45, 2.75) is 83.2 Å². The molecular weight excluding hydrogens is 888 g/mol. The minimum Gasteiger partial charge on any atom is -0.371 e. The predicted molar refractivity (Wildman–Crippen MR) is 246 cm³/mol. The van der Waals surface area contributed by atoms with Crippen molar-refractivity contribution in [1.29, 1.82) is 0 Å². The summed E-state index contributed by atoms with van der Waals surface area (Å²) in [4.78, 5) is 86.2. The molecule has 66 heavy (non-hydrogen) atoms. The van der Waals surface area contributed by atoms with E-state index in [4.69, 9.17) is 10.7 Å². The summed E-state index contributed by atoms with van der Waals surface area (Å²) in [5.74, 6) is -2.64. The van der Waals surface area contributed by atoms with Crippen LogP contribution < -0.4 is 20.7 Å². The molecule has 7 heterocycles. The summed E-state index contributed by atoms with van der Waals surface area (Å²) < 4.78 is 43.8. The molecule has 4 saturated heterocycles. The Morgan fingerprint density at radius 3 is 2.36 bits per heavy atom. The van der Waals surface area contributed by atoms with Crippen molar-refractivity contribution in [3.8, 4) is 21.8 Å². The molecule has 17 nitrogen and oxygen atoms in total. The normalized spacial score (nSPS) is 20.4. The highest BCUT2D eigenvalue weighted by atomic mass is 32.2. The van der Waals surface area contributed by atoms with Gasteiger partial charge in [0, 0.05) is 74.6 Å². The molecule has 0 bridgehead atoms. The molecule has 348 valence electrons. The van der Waals surface area contributed by atoms with Crippen molar-refractivity contribution < 1.29 is 36.8 Å². The van der Waals surface area contributed by atoms with Gasteiger partial charge >= 0.3 is 0 Å². The monoisotopic (exact) mass is 940 g/mol. The number of likely N-dealkylation sites (tertiary alicyclic amines) is 2. The van der Waals surface area contributed by atoms with Crippen LogP contribution in [0.1, 0.15) is 91.4 Å². The average molecular weight is 941 g/mol. The Balaban J connectivity index is 0.800. The number of amides is 5. The summed E-state index contributed by atoms with van der Waals surface area (Å²) >= 11 is 1.40. The molecule has 0 saturated carbocycles. The van der Waals surface area contributed by atoms with Gasteiger partial charge in [0.25, 0.3) is 11.8 Å². The minimum atomic E-state index is -3.76. The molecule has 5 aliphatic rings. The zero-order valence-electron chi connectivity index (χ0n) is 37.1. The molecule has 5 aliphatic heterocycles. The minimum absolute atomic E-state index is 0.0564. The molecule has 4 aromatic rings. The average Bonchev–Trinajstić information content (AvgIpc) is 3.83. The van der Waals surface area contributed by atoms with E-state index in [0.29, 0.717) is 54.9 Å². The summed E-state index contributed by atoms with van der Waals surface area (Å²) in [5.41, 5.74) is 7.66. The van der Waals surface area contributed by atoms with E-state index in [1.165, 1.54) is 23.6 Å². The number of carbonyl (C=O) groups excluding carboxylic acids is 5. The second-order valence-corrected chi connectivity index (χ2v) is 21.3. The number of thiazole rings is 1.